The summed E-state index contributed by atoms with van der Waals surface area (Å²) < 4.78 is 5.48. The lowest BCUT2D eigenvalue weighted by Crippen LogP contribution is -2.45. The molecule has 92 valence electrons. The molecule has 0 aromatic carbocycles. The third-order valence-electron chi connectivity index (χ3n) is 4.66. The van der Waals surface area contributed by atoms with E-state index >= 15 is 0 Å². The molecule has 1 N–H and O–H groups in total. The smallest absolute Gasteiger partial charge is 0.0622 e. The summed E-state index contributed by atoms with van der Waals surface area (Å²) in [6.45, 7) is 5.82. The number of piperidine rings is 1. The Kier molecular flexibility index (Phi) is 3.46. The van der Waals surface area contributed by atoms with E-state index in [1.807, 2.05) is 0 Å². The topological polar surface area (TPSA) is 24.5 Å². The number of nitrogens with zero attached hydrogens (tertiary/aromatic N) is 1. The highest BCUT2D eigenvalue weighted by molar-refractivity contribution is 4.87. The maximum absolute atomic E-state index is 5.48. The van der Waals surface area contributed by atoms with Gasteiger partial charge in [-0.05, 0) is 57.7 Å². The minimum atomic E-state index is 0.734. The maximum Gasteiger partial charge on any atom is 0.0622 e. The van der Waals surface area contributed by atoms with E-state index in [0.29, 0.717) is 0 Å². The Morgan fingerprint density at radius 3 is 2.56 bits per heavy atom. The van der Waals surface area contributed by atoms with Crippen LogP contribution in [0.3, 0.4) is 0 Å². The predicted octanol–water partition coefficient (Wildman–Crippen LogP) is 1.24. The molecule has 0 spiro atoms. The van der Waals surface area contributed by atoms with Gasteiger partial charge in [0, 0.05) is 18.7 Å². The van der Waals surface area contributed by atoms with E-state index in [9.17, 15) is 0 Å². The first-order valence-electron chi connectivity index (χ1n) is 6.98. The van der Waals surface area contributed by atoms with Gasteiger partial charge in [0.2, 0.25) is 0 Å². The van der Waals surface area contributed by atoms with E-state index < -0.39 is 0 Å². The molecule has 3 fully saturated rings. The van der Waals surface area contributed by atoms with E-state index in [4.69, 9.17) is 4.74 Å². The van der Waals surface area contributed by atoms with Crippen molar-refractivity contribution < 1.29 is 4.74 Å². The van der Waals surface area contributed by atoms with Gasteiger partial charge in [0.05, 0.1) is 6.61 Å². The van der Waals surface area contributed by atoms with Crippen LogP contribution in [0.2, 0.25) is 0 Å². The molecular weight excluding hydrogens is 200 g/mol. The fraction of sp³-hybridized carbons (Fsp3) is 1.00. The Hall–Kier alpha value is -0.120. The first-order chi connectivity index (χ1) is 7.93. The molecule has 0 amide bonds. The van der Waals surface area contributed by atoms with E-state index in [1.165, 1.54) is 51.7 Å². The lowest BCUT2D eigenvalue weighted by Gasteiger charge is -2.37. The summed E-state index contributed by atoms with van der Waals surface area (Å²) in [7, 11) is 0. The average Bonchev–Trinajstić information content (AvgIpc) is 3.03. The molecule has 3 rings (SSSR count). The first kappa shape index (κ1) is 11.0. The zero-order chi connectivity index (χ0) is 10.8. The van der Waals surface area contributed by atoms with Crippen LogP contribution >= 0.6 is 0 Å². The average molecular weight is 224 g/mol. The zero-order valence-electron chi connectivity index (χ0n) is 10.2. The van der Waals surface area contributed by atoms with Crippen LogP contribution in [0.4, 0.5) is 0 Å². The van der Waals surface area contributed by atoms with Crippen molar-refractivity contribution in [3.05, 3.63) is 0 Å². The molecule has 3 aliphatic heterocycles. The molecule has 0 radical (unpaired) electrons. The molecule has 2 unspecified atom stereocenters. The summed E-state index contributed by atoms with van der Waals surface area (Å²) in [5.41, 5.74) is 0. The Bertz CT molecular complexity index is 190. The Balaban J connectivity index is 1.47. The summed E-state index contributed by atoms with van der Waals surface area (Å²) in [6.07, 6.45) is 6.85. The lowest BCUT2D eigenvalue weighted by atomic mass is 9.88. The van der Waals surface area contributed by atoms with Crippen LogP contribution < -0.4 is 5.32 Å². The van der Waals surface area contributed by atoms with Crippen molar-refractivity contribution in [1.82, 2.24) is 10.2 Å². The maximum atomic E-state index is 5.48. The second-order valence-corrected chi connectivity index (χ2v) is 5.59. The van der Waals surface area contributed by atoms with Crippen molar-refractivity contribution in [3.8, 4) is 0 Å². The third-order valence-corrected chi connectivity index (χ3v) is 4.66. The zero-order valence-corrected chi connectivity index (χ0v) is 10.2. The third kappa shape index (κ3) is 2.27. The van der Waals surface area contributed by atoms with Crippen LogP contribution in [0.25, 0.3) is 0 Å². The van der Waals surface area contributed by atoms with Crippen molar-refractivity contribution >= 4 is 0 Å². The summed E-state index contributed by atoms with van der Waals surface area (Å²) in [5.74, 6) is 0.945. The quantitative estimate of drug-likeness (QED) is 0.764. The van der Waals surface area contributed by atoms with Crippen molar-refractivity contribution in [1.29, 1.82) is 0 Å². The number of likely N-dealkylation sites (tertiary alicyclic amines) is 1. The van der Waals surface area contributed by atoms with E-state index in [-0.39, 0.29) is 0 Å². The highest BCUT2D eigenvalue weighted by Gasteiger charge is 2.31. The van der Waals surface area contributed by atoms with Gasteiger partial charge in [0.15, 0.2) is 0 Å². The van der Waals surface area contributed by atoms with E-state index in [2.05, 4.69) is 10.2 Å². The van der Waals surface area contributed by atoms with E-state index in [0.717, 1.165) is 31.2 Å². The van der Waals surface area contributed by atoms with Crippen LogP contribution in [0, 0.1) is 5.92 Å². The molecule has 3 heteroatoms. The molecule has 0 bridgehead atoms. The van der Waals surface area contributed by atoms with Gasteiger partial charge in [-0.3, -0.25) is 4.90 Å². The molecule has 3 heterocycles. The van der Waals surface area contributed by atoms with Crippen molar-refractivity contribution in [3.63, 3.8) is 0 Å². The SMILES string of the molecule is C1CNC(C2CCN(C3CCOC3)CC2)C1. The molecule has 16 heavy (non-hydrogen) atoms. The van der Waals surface area contributed by atoms with Crippen molar-refractivity contribution in [2.75, 3.05) is 32.8 Å². The summed E-state index contributed by atoms with van der Waals surface area (Å²) in [6, 6.07) is 1.57. The normalized spacial score (nSPS) is 38.2. The molecular formula is C13H24N2O. The van der Waals surface area contributed by atoms with Crippen LogP contribution in [-0.4, -0.2) is 49.8 Å². The monoisotopic (exact) mass is 224 g/mol. The van der Waals surface area contributed by atoms with Gasteiger partial charge in [0.1, 0.15) is 0 Å². The molecule has 0 aromatic rings. The molecule has 2 atom stereocenters. The largest absolute Gasteiger partial charge is 0.380 e. The number of hydrogen-bond donors (Lipinski definition) is 1. The second kappa shape index (κ2) is 5.03. The predicted molar refractivity (Wildman–Crippen MR) is 64.5 cm³/mol. The van der Waals surface area contributed by atoms with Gasteiger partial charge in [-0.25, -0.2) is 0 Å². The highest BCUT2D eigenvalue weighted by atomic mass is 16.5. The van der Waals surface area contributed by atoms with E-state index in [1.54, 1.807) is 0 Å². The number of nitrogens with one attached hydrogen (secondary N) is 1. The van der Waals surface area contributed by atoms with Gasteiger partial charge in [0.25, 0.3) is 0 Å². The van der Waals surface area contributed by atoms with Crippen LogP contribution in [0.15, 0.2) is 0 Å². The molecule has 0 aromatic heterocycles. The summed E-state index contributed by atoms with van der Waals surface area (Å²) in [5, 5.41) is 3.67. The van der Waals surface area contributed by atoms with Gasteiger partial charge >= 0.3 is 0 Å². The fourth-order valence-electron chi connectivity index (χ4n) is 3.61. The Labute approximate surface area is 98.5 Å². The molecule has 0 aliphatic carbocycles. The number of rotatable bonds is 2. The number of hydrogen-bond acceptors (Lipinski definition) is 3. The second-order valence-electron chi connectivity index (χ2n) is 5.59. The summed E-state index contributed by atoms with van der Waals surface area (Å²) >= 11 is 0. The molecule has 3 nitrogen and oxygen atoms in total. The van der Waals surface area contributed by atoms with Crippen LogP contribution in [0.5, 0.6) is 0 Å². The van der Waals surface area contributed by atoms with Gasteiger partial charge < -0.3 is 10.1 Å². The molecule has 3 saturated heterocycles. The lowest BCUT2D eigenvalue weighted by molar-refractivity contribution is 0.101. The first-order valence-corrected chi connectivity index (χ1v) is 6.98. The Morgan fingerprint density at radius 1 is 1.06 bits per heavy atom. The van der Waals surface area contributed by atoms with Crippen molar-refractivity contribution in [2.24, 2.45) is 5.92 Å². The Morgan fingerprint density at radius 2 is 1.94 bits per heavy atom. The highest BCUT2D eigenvalue weighted by Crippen LogP contribution is 2.27. The minimum absolute atomic E-state index is 0.734. The minimum Gasteiger partial charge on any atom is -0.380 e. The standard InChI is InChI=1S/C13H24N2O/c1-2-13(14-6-1)11-3-7-15(8-4-11)12-5-9-16-10-12/h11-14H,1-10H2. The van der Waals surface area contributed by atoms with Crippen LogP contribution in [0.1, 0.15) is 32.1 Å². The molecule has 0 saturated carbocycles. The van der Waals surface area contributed by atoms with Gasteiger partial charge in [-0.2, -0.15) is 0 Å². The molecule has 3 aliphatic rings. The van der Waals surface area contributed by atoms with Crippen molar-refractivity contribution in [2.45, 2.75) is 44.2 Å². The number of ether oxygens (including phenoxy) is 1. The van der Waals surface area contributed by atoms with Crippen LogP contribution in [-0.2, 0) is 4.74 Å². The fourth-order valence-corrected chi connectivity index (χ4v) is 3.61. The summed E-state index contributed by atoms with van der Waals surface area (Å²) in [4.78, 5) is 2.67. The van der Waals surface area contributed by atoms with Gasteiger partial charge in [-0.15, -0.1) is 0 Å². The van der Waals surface area contributed by atoms with Gasteiger partial charge in [-0.1, -0.05) is 0 Å².